The summed E-state index contributed by atoms with van der Waals surface area (Å²) in [6.45, 7) is 12.2. The van der Waals surface area contributed by atoms with E-state index in [1.165, 1.54) is 7.11 Å². The van der Waals surface area contributed by atoms with Crippen molar-refractivity contribution < 1.29 is 23.8 Å². The lowest BCUT2D eigenvalue weighted by Crippen LogP contribution is -2.51. The van der Waals surface area contributed by atoms with Crippen LogP contribution in [0.4, 0.5) is 4.79 Å². The van der Waals surface area contributed by atoms with Crippen molar-refractivity contribution in [3.8, 4) is 0 Å². The molecule has 0 bridgehead atoms. The lowest BCUT2D eigenvalue weighted by atomic mass is 10.1. The fourth-order valence-corrected chi connectivity index (χ4v) is 1.30. The van der Waals surface area contributed by atoms with Crippen molar-refractivity contribution in [3.63, 3.8) is 0 Å². The standard InChI is InChI=1S/C14H27NO5/c1-9(18-8)10(11(16)19-13(2,3)4)15-12(17)20-14(5,6)7/h9-10H,1-8H3,(H,15,17)/t9-,10-/m1/s1. The highest BCUT2D eigenvalue weighted by molar-refractivity contribution is 5.82. The first-order valence-electron chi connectivity index (χ1n) is 6.61. The summed E-state index contributed by atoms with van der Waals surface area (Å²) in [5.41, 5.74) is -1.28. The Morgan fingerprint density at radius 2 is 1.40 bits per heavy atom. The zero-order valence-corrected chi connectivity index (χ0v) is 13.7. The predicted molar refractivity (Wildman–Crippen MR) is 75.5 cm³/mol. The molecule has 0 radical (unpaired) electrons. The van der Waals surface area contributed by atoms with Crippen molar-refractivity contribution in [1.29, 1.82) is 0 Å². The van der Waals surface area contributed by atoms with Crippen molar-refractivity contribution in [1.82, 2.24) is 5.32 Å². The smallest absolute Gasteiger partial charge is 0.408 e. The Morgan fingerprint density at radius 1 is 0.950 bits per heavy atom. The van der Waals surface area contributed by atoms with Crippen LogP contribution in [0.3, 0.4) is 0 Å². The van der Waals surface area contributed by atoms with Gasteiger partial charge in [0.25, 0.3) is 0 Å². The largest absolute Gasteiger partial charge is 0.458 e. The molecule has 0 aromatic carbocycles. The maximum atomic E-state index is 12.1. The molecule has 0 aliphatic heterocycles. The summed E-state index contributed by atoms with van der Waals surface area (Å²) in [7, 11) is 1.46. The summed E-state index contributed by atoms with van der Waals surface area (Å²) in [5, 5.41) is 2.49. The Hall–Kier alpha value is -1.30. The fraction of sp³-hybridized carbons (Fsp3) is 0.857. The second-order valence-corrected chi connectivity index (χ2v) is 6.60. The minimum Gasteiger partial charge on any atom is -0.458 e. The van der Waals surface area contributed by atoms with Crippen molar-refractivity contribution in [2.24, 2.45) is 0 Å². The first kappa shape index (κ1) is 18.7. The molecule has 6 nitrogen and oxygen atoms in total. The van der Waals surface area contributed by atoms with Gasteiger partial charge in [-0.2, -0.15) is 0 Å². The van der Waals surface area contributed by atoms with Crippen LogP contribution in [0.5, 0.6) is 0 Å². The van der Waals surface area contributed by atoms with Gasteiger partial charge in [-0.05, 0) is 48.5 Å². The van der Waals surface area contributed by atoms with Crippen LogP contribution in [0.2, 0.25) is 0 Å². The lowest BCUT2D eigenvalue weighted by Gasteiger charge is -2.28. The van der Waals surface area contributed by atoms with Crippen molar-refractivity contribution in [2.45, 2.75) is 71.8 Å². The molecule has 0 fully saturated rings. The van der Waals surface area contributed by atoms with E-state index in [1.54, 1.807) is 48.5 Å². The molecule has 0 aromatic heterocycles. The molecule has 1 N–H and O–H groups in total. The average Bonchev–Trinajstić information content (AvgIpc) is 2.19. The van der Waals surface area contributed by atoms with Gasteiger partial charge in [0.05, 0.1) is 6.10 Å². The number of carbonyl (C=O) groups is 2. The summed E-state index contributed by atoms with van der Waals surface area (Å²) in [6.07, 6.45) is -1.21. The van der Waals surface area contributed by atoms with E-state index in [-0.39, 0.29) is 0 Å². The number of amides is 1. The van der Waals surface area contributed by atoms with Crippen LogP contribution in [-0.4, -0.2) is 42.5 Å². The van der Waals surface area contributed by atoms with Gasteiger partial charge in [0.2, 0.25) is 0 Å². The number of hydrogen-bond acceptors (Lipinski definition) is 5. The van der Waals surface area contributed by atoms with Crippen LogP contribution in [0.25, 0.3) is 0 Å². The number of ether oxygens (including phenoxy) is 3. The van der Waals surface area contributed by atoms with E-state index >= 15 is 0 Å². The van der Waals surface area contributed by atoms with E-state index in [4.69, 9.17) is 14.2 Å². The number of carbonyl (C=O) groups excluding carboxylic acids is 2. The molecule has 0 heterocycles. The molecule has 0 aliphatic carbocycles. The zero-order chi connectivity index (χ0) is 16.1. The van der Waals surface area contributed by atoms with E-state index in [1.807, 2.05) is 0 Å². The van der Waals surface area contributed by atoms with Crippen molar-refractivity contribution in [3.05, 3.63) is 0 Å². The molecule has 2 atom stereocenters. The summed E-state index contributed by atoms with van der Waals surface area (Å²) < 4.78 is 15.5. The molecule has 118 valence electrons. The molecular weight excluding hydrogens is 262 g/mol. The fourth-order valence-electron chi connectivity index (χ4n) is 1.30. The minimum absolute atomic E-state index is 0.530. The molecule has 0 saturated heterocycles. The number of alkyl carbamates (subject to hydrolysis) is 1. The predicted octanol–water partition coefficient (Wildman–Crippen LogP) is 2.26. The van der Waals surface area contributed by atoms with Crippen LogP contribution < -0.4 is 5.32 Å². The summed E-state index contributed by atoms with van der Waals surface area (Å²) >= 11 is 0. The van der Waals surface area contributed by atoms with Gasteiger partial charge in [0, 0.05) is 7.11 Å². The van der Waals surface area contributed by atoms with Crippen LogP contribution in [0.15, 0.2) is 0 Å². The van der Waals surface area contributed by atoms with Crippen LogP contribution in [0, 0.1) is 0 Å². The van der Waals surface area contributed by atoms with Gasteiger partial charge >= 0.3 is 12.1 Å². The number of esters is 1. The summed E-state index contributed by atoms with van der Waals surface area (Å²) in [6, 6.07) is -0.922. The summed E-state index contributed by atoms with van der Waals surface area (Å²) in [4.78, 5) is 23.9. The topological polar surface area (TPSA) is 73.9 Å². The van der Waals surface area contributed by atoms with Gasteiger partial charge in [-0.3, -0.25) is 0 Å². The molecular formula is C14H27NO5. The number of hydrogen-bond donors (Lipinski definition) is 1. The van der Waals surface area contributed by atoms with E-state index in [0.717, 1.165) is 0 Å². The van der Waals surface area contributed by atoms with Gasteiger partial charge in [0.1, 0.15) is 11.2 Å². The molecule has 0 unspecified atom stereocenters. The first-order chi connectivity index (χ1) is 8.85. The SMILES string of the molecule is CO[C@H](C)[C@@H](NC(=O)OC(C)(C)C)C(=O)OC(C)(C)C. The molecule has 20 heavy (non-hydrogen) atoms. The van der Waals surface area contributed by atoms with Gasteiger partial charge in [0.15, 0.2) is 6.04 Å². The number of nitrogens with one attached hydrogen (secondary N) is 1. The Bertz CT molecular complexity index is 340. The third-order valence-electron chi connectivity index (χ3n) is 2.17. The second-order valence-electron chi connectivity index (χ2n) is 6.60. The van der Waals surface area contributed by atoms with E-state index in [0.29, 0.717) is 0 Å². The highest BCUT2D eigenvalue weighted by atomic mass is 16.6. The maximum absolute atomic E-state index is 12.1. The van der Waals surface area contributed by atoms with Crippen molar-refractivity contribution >= 4 is 12.1 Å². The Kier molecular flexibility index (Phi) is 6.47. The van der Waals surface area contributed by atoms with E-state index < -0.39 is 35.4 Å². The maximum Gasteiger partial charge on any atom is 0.408 e. The number of rotatable bonds is 4. The molecule has 0 rings (SSSR count). The molecule has 0 aromatic rings. The monoisotopic (exact) mass is 289 g/mol. The van der Waals surface area contributed by atoms with Crippen molar-refractivity contribution in [2.75, 3.05) is 7.11 Å². The molecule has 6 heteroatoms. The Morgan fingerprint density at radius 3 is 1.75 bits per heavy atom. The van der Waals surface area contributed by atoms with Gasteiger partial charge in [-0.1, -0.05) is 0 Å². The molecule has 0 spiro atoms. The Labute approximate surface area is 121 Å². The quantitative estimate of drug-likeness (QED) is 0.804. The second kappa shape index (κ2) is 6.92. The molecule has 1 amide bonds. The molecule has 0 aliphatic rings. The van der Waals surface area contributed by atoms with Crippen LogP contribution in [-0.2, 0) is 19.0 Å². The van der Waals surface area contributed by atoms with Crippen LogP contribution in [0.1, 0.15) is 48.5 Å². The Balaban J connectivity index is 4.82. The highest BCUT2D eigenvalue weighted by Gasteiger charge is 2.32. The third-order valence-corrected chi connectivity index (χ3v) is 2.17. The lowest BCUT2D eigenvalue weighted by molar-refractivity contribution is -0.160. The highest BCUT2D eigenvalue weighted by Crippen LogP contribution is 2.12. The van der Waals surface area contributed by atoms with E-state index in [9.17, 15) is 9.59 Å². The van der Waals surface area contributed by atoms with Gasteiger partial charge < -0.3 is 19.5 Å². The normalized spacial score (nSPS) is 15.2. The zero-order valence-electron chi connectivity index (χ0n) is 13.7. The average molecular weight is 289 g/mol. The minimum atomic E-state index is -0.922. The van der Waals surface area contributed by atoms with Gasteiger partial charge in [-0.15, -0.1) is 0 Å². The first-order valence-corrected chi connectivity index (χ1v) is 6.61. The third kappa shape index (κ3) is 7.99. The molecule has 0 saturated carbocycles. The number of methoxy groups -OCH3 is 1. The van der Waals surface area contributed by atoms with Crippen LogP contribution >= 0.6 is 0 Å². The van der Waals surface area contributed by atoms with E-state index in [2.05, 4.69) is 5.32 Å². The summed E-state index contributed by atoms with van der Waals surface area (Å²) in [5.74, 6) is -0.558. The van der Waals surface area contributed by atoms with Gasteiger partial charge in [-0.25, -0.2) is 9.59 Å².